The predicted octanol–water partition coefficient (Wildman–Crippen LogP) is 5.43. The second kappa shape index (κ2) is 12.0. The minimum Gasteiger partial charge on any atom is -0.490 e. The van der Waals surface area contributed by atoms with Crippen molar-refractivity contribution < 1.29 is 19.4 Å². The van der Waals surface area contributed by atoms with Gasteiger partial charge in [-0.05, 0) is 73.5 Å². The molecule has 0 saturated carbocycles. The molecule has 0 saturated heterocycles. The molecular formula is C32H33N3O4. The molecule has 0 fully saturated rings. The molecule has 200 valence electrons. The van der Waals surface area contributed by atoms with E-state index in [1.165, 1.54) is 0 Å². The minimum absolute atomic E-state index is 0.128. The first kappa shape index (κ1) is 26.3. The first-order valence-electron chi connectivity index (χ1n) is 13.1. The van der Waals surface area contributed by atoms with Crippen molar-refractivity contribution in [3.05, 3.63) is 102 Å². The summed E-state index contributed by atoms with van der Waals surface area (Å²) in [7, 11) is 1.61. The van der Waals surface area contributed by atoms with E-state index >= 15 is 0 Å². The van der Waals surface area contributed by atoms with Crippen molar-refractivity contribution in [2.75, 3.05) is 20.2 Å². The van der Waals surface area contributed by atoms with Gasteiger partial charge in [-0.1, -0.05) is 36.4 Å². The van der Waals surface area contributed by atoms with Gasteiger partial charge in [-0.2, -0.15) is 0 Å². The molecule has 0 aliphatic carbocycles. The lowest BCUT2D eigenvalue weighted by molar-refractivity contribution is 0.0963. The predicted molar refractivity (Wildman–Crippen MR) is 155 cm³/mol. The summed E-state index contributed by atoms with van der Waals surface area (Å²) in [5, 5.41) is 18.7. The van der Waals surface area contributed by atoms with Crippen LogP contribution in [0.3, 0.4) is 0 Å². The summed E-state index contributed by atoms with van der Waals surface area (Å²) in [5.41, 5.74) is 3.83. The number of hydrogen-bond donors (Lipinski definition) is 4. The Kier molecular flexibility index (Phi) is 8.10. The van der Waals surface area contributed by atoms with Crippen LogP contribution in [0.2, 0.25) is 0 Å². The van der Waals surface area contributed by atoms with Gasteiger partial charge in [-0.3, -0.25) is 4.79 Å². The van der Waals surface area contributed by atoms with Crippen molar-refractivity contribution in [2.45, 2.75) is 25.5 Å². The normalized spacial score (nSPS) is 12.8. The fraction of sp³-hybridized carbons (Fsp3) is 0.219. The molecule has 5 rings (SSSR count). The highest BCUT2D eigenvalue weighted by Gasteiger charge is 2.13. The molecule has 4 N–H and O–H groups in total. The summed E-state index contributed by atoms with van der Waals surface area (Å²) in [6, 6.07) is 29.2. The van der Waals surface area contributed by atoms with Gasteiger partial charge in [0.05, 0.1) is 5.52 Å². The zero-order valence-corrected chi connectivity index (χ0v) is 22.1. The molecule has 2 atom stereocenters. The van der Waals surface area contributed by atoms with Crippen molar-refractivity contribution in [1.29, 1.82) is 0 Å². The van der Waals surface area contributed by atoms with Crippen LogP contribution >= 0.6 is 0 Å². The lowest BCUT2D eigenvalue weighted by Gasteiger charge is -2.18. The number of carbonyl (C=O) groups excluding carboxylic acids is 1. The van der Waals surface area contributed by atoms with E-state index in [9.17, 15) is 9.90 Å². The molecule has 0 radical (unpaired) electrons. The fourth-order valence-corrected chi connectivity index (χ4v) is 4.64. The molecule has 0 aliphatic heterocycles. The van der Waals surface area contributed by atoms with E-state index in [0.717, 1.165) is 45.3 Å². The van der Waals surface area contributed by atoms with Gasteiger partial charge >= 0.3 is 0 Å². The summed E-state index contributed by atoms with van der Waals surface area (Å²) in [6.45, 7) is 2.73. The Morgan fingerprint density at radius 2 is 1.59 bits per heavy atom. The number of amides is 1. The second-order valence-corrected chi connectivity index (χ2v) is 9.68. The van der Waals surface area contributed by atoms with Gasteiger partial charge in [-0.25, -0.2) is 0 Å². The number of ether oxygens (including phenoxy) is 2. The summed E-state index contributed by atoms with van der Waals surface area (Å²) < 4.78 is 11.9. The molecule has 0 spiro atoms. The Morgan fingerprint density at radius 1 is 0.897 bits per heavy atom. The third-order valence-electron chi connectivity index (χ3n) is 6.67. The Balaban J connectivity index is 1.09. The Morgan fingerprint density at radius 3 is 2.33 bits per heavy atom. The lowest BCUT2D eigenvalue weighted by Crippen LogP contribution is -2.37. The van der Waals surface area contributed by atoms with E-state index in [0.29, 0.717) is 17.9 Å². The molecule has 0 bridgehead atoms. The number of nitrogens with one attached hydrogen (secondary N) is 3. The maximum absolute atomic E-state index is 11.7. The molecular weight excluding hydrogens is 490 g/mol. The monoisotopic (exact) mass is 523 g/mol. The van der Waals surface area contributed by atoms with Gasteiger partial charge in [-0.15, -0.1) is 0 Å². The zero-order chi connectivity index (χ0) is 27.2. The van der Waals surface area contributed by atoms with E-state index in [2.05, 4.69) is 28.6 Å². The number of carbonyl (C=O) groups is 1. The van der Waals surface area contributed by atoms with E-state index in [4.69, 9.17) is 9.47 Å². The number of hydrogen-bond acceptors (Lipinski definition) is 5. The third-order valence-corrected chi connectivity index (χ3v) is 6.67. The van der Waals surface area contributed by atoms with Crippen LogP contribution < -0.4 is 20.1 Å². The molecule has 7 nitrogen and oxygen atoms in total. The smallest absolute Gasteiger partial charge is 0.251 e. The molecule has 7 heteroatoms. The number of benzene rings is 4. The molecule has 39 heavy (non-hydrogen) atoms. The quantitative estimate of drug-likeness (QED) is 0.185. The highest BCUT2D eigenvalue weighted by molar-refractivity contribution is 6.10. The van der Waals surface area contributed by atoms with Gasteiger partial charge in [0.25, 0.3) is 5.91 Å². The van der Waals surface area contributed by atoms with E-state index in [1.807, 2.05) is 60.7 Å². The number of para-hydroxylation sites is 1. The Hall–Kier alpha value is -4.33. The number of rotatable bonds is 11. The molecule has 0 aliphatic rings. The number of aromatic nitrogens is 1. The molecule has 1 heterocycles. The number of fused-ring (bicyclic) bond motifs is 3. The van der Waals surface area contributed by atoms with E-state index < -0.39 is 6.10 Å². The SMILES string of the molecule is CNC(=O)c1ccc(Oc2ccc(CC(C)NCC(O)COc3cccc4[nH]c5ccccc5c34)cc2)cc1. The van der Waals surface area contributed by atoms with Crippen molar-refractivity contribution >= 4 is 27.7 Å². The summed E-state index contributed by atoms with van der Waals surface area (Å²) >= 11 is 0. The van der Waals surface area contributed by atoms with Gasteiger partial charge in [0, 0.05) is 41.5 Å². The maximum atomic E-state index is 11.7. The summed E-state index contributed by atoms with van der Waals surface area (Å²) in [6.07, 6.45) is 0.169. The van der Waals surface area contributed by atoms with E-state index in [1.54, 1.807) is 31.3 Å². The lowest BCUT2D eigenvalue weighted by atomic mass is 10.1. The van der Waals surface area contributed by atoms with Crippen LogP contribution in [0.4, 0.5) is 0 Å². The molecule has 2 unspecified atom stereocenters. The number of aliphatic hydroxyl groups is 1. The number of aromatic amines is 1. The third kappa shape index (κ3) is 6.39. The number of H-pyrrole nitrogens is 1. The topological polar surface area (TPSA) is 95.6 Å². The van der Waals surface area contributed by atoms with E-state index in [-0.39, 0.29) is 18.6 Å². The van der Waals surface area contributed by atoms with Gasteiger partial charge in [0.2, 0.25) is 0 Å². The average Bonchev–Trinajstić information content (AvgIpc) is 3.35. The molecule has 5 aromatic rings. The Labute approximate surface area is 227 Å². The van der Waals surface area contributed by atoms with Gasteiger partial charge in [0.1, 0.15) is 30.0 Å². The van der Waals surface area contributed by atoms with Crippen LogP contribution in [0.25, 0.3) is 21.8 Å². The minimum atomic E-state index is -0.640. The standard InChI is InChI=1S/C32H33N3O4/c1-21(18-22-10-14-25(15-11-22)39-26-16-12-23(13-17-26)32(37)33-2)34-19-24(36)20-38-30-9-5-8-29-31(30)27-6-3-4-7-28(27)35-29/h3-17,21,24,34-36H,18-20H2,1-2H3,(H,33,37). The molecule has 4 aromatic carbocycles. The first-order chi connectivity index (χ1) is 19.0. The second-order valence-electron chi connectivity index (χ2n) is 9.68. The summed E-state index contributed by atoms with van der Waals surface area (Å²) in [5.74, 6) is 2.03. The van der Waals surface area contributed by atoms with Crippen molar-refractivity contribution in [3.8, 4) is 17.2 Å². The van der Waals surface area contributed by atoms with Crippen molar-refractivity contribution in [1.82, 2.24) is 15.6 Å². The highest BCUT2D eigenvalue weighted by Crippen LogP contribution is 2.33. The summed E-state index contributed by atoms with van der Waals surface area (Å²) in [4.78, 5) is 15.1. The number of aliphatic hydroxyl groups excluding tert-OH is 1. The fourth-order valence-electron chi connectivity index (χ4n) is 4.64. The van der Waals surface area contributed by atoms with Crippen LogP contribution in [-0.4, -0.2) is 48.3 Å². The van der Waals surface area contributed by atoms with Gasteiger partial charge in [0.15, 0.2) is 0 Å². The van der Waals surface area contributed by atoms with Crippen LogP contribution in [0.1, 0.15) is 22.8 Å². The highest BCUT2D eigenvalue weighted by atomic mass is 16.5. The van der Waals surface area contributed by atoms with Crippen LogP contribution in [0.15, 0.2) is 91.0 Å². The average molecular weight is 524 g/mol. The largest absolute Gasteiger partial charge is 0.490 e. The molecule has 1 amide bonds. The van der Waals surface area contributed by atoms with Crippen molar-refractivity contribution in [3.63, 3.8) is 0 Å². The molecule has 1 aromatic heterocycles. The zero-order valence-electron chi connectivity index (χ0n) is 22.1. The van der Waals surface area contributed by atoms with Crippen LogP contribution in [-0.2, 0) is 6.42 Å². The maximum Gasteiger partial charge on any atom is 0.251 e. The first-order valence-corrected chi connectivity index (χ1v) is 13.1. The Bertz CT molecular complexity index is 1540. The van der Waals surface area contributed by atoms with Crippen LogP contribution in [0.5, 0.6) is 17.2 Å². The van der Waals surface area contributed by atoms with Crippen LogP contribution in [0, 0.1) is 0 Å². The van der Waals surface area contributed by atoms with Crippen molar-refractivity contribution in [2.24, 2.45) is 0 Å². The van der Waals surface area contributed by atoms with Gasteiger partial charge < -0.3 is 30.2 Å².